The van der Waals surface area contributed by atoms with Gasteiger partial charge in [0.1, 0.15) is 0 Å². The molecule has 0 amide bonds. The van der Waals surface area contributed by atoms with Crippen LogP contribution in [0.25, 0.3) is 121 Å². The molecule has 0 aliphatic carbocycles. The molecule has 2 heterocycles. The van der Waals surface area contributed by atoms with Crippen LogP contribution in [-0.4, -0.2) is 19.9 Å². The van der Waals surface area contributed by atoms with Crippen molar-refractivity contribution in [2.24, 2.45) is 0 Å². The number of benzene rings is 9. The number of aromatic nitrogens is 4. The second kappa shape index (κ2) is 14.7. The largest absolute Gasteiger partial charge is 0.264 e. The highest BCUT2D eigenvalue weighted by atomic mass is 15.0. The monoisotopic (exact) mass is 788 g/mol. The van der Waals surface area contributed by atoms with E-state index >= 15 is 0 Å². The first kappa shape index (κ1) is 35.6. The lowest BCUT2D eigenvalue weighted by Crippen LogP contribution is -2.00. The smallest absolute Gasteiger partial charge is 0.164 e. The molecule has 0 atom stereocenters. The standard InChI is InChI=1S/C58H36N4/c1-2-15-38(16-3-1)56-60-57(39-30-28-37(29-31-39)41-17-14-34-59-36-41)62-58(61-56)40-32-33-49-45-21-7-5-19-43(45)42-18-4-6-20-44(42)46-22-8-11-25-50(46)54-51-26-12-9-23-47(51)48-24-10-13-27-52(48)55(54)53(49)35-40/h1-36H. The maximum atomic E-state index is 5.27. The first-order valence-electron chi connectivity index (χ1n) is 21.0. The number of hydrogen-bond donors (Lipinski definition) is 0. The summed E-state index contributed by atoms with van der Waals surface area (Å²) < 4.78 is 0. The molecule has 0 unspecified atom stereocenters. The van der Waals surface area contributed by atoms with Gasteiger partial charge in [0.05, 0.1) is 0 Å². The first-order valence-corrected chi connectivity index (χ1v) is 21.0. The van der Waals surface area contributed by atoms with Crippen LogP contribution in [0.5, 0.6) is 0 Å². The minimum Gasteiger partial charge on any atom is -0.264 e. The fraction of sp³-hybridized carbons (Fsp3) is 0. The van der Waals surface area contributed by atoms with Gasteiger partial charge in [-0.25, -0.2) is 15.0 Å². The number of hydrogen-bond acceptors (Lipinski definition) is 4. The molecule has 0 saturated heterocycles. The summed E-state index contributed by atoms with van der Waals surface area (Å²) in [4.78, 5) is 19.9. The molecule has 0 spiro atoms. The average Bonchev–Trinajstić information content (AvgIpc) is 3.36. The van der Waals surface area contributed by atoms with Crippen molar-refractivity contribution >= 4 is 75.4 Å². The van der Waals surface area contributed by atoms with Crippen molar-refractivity contribution < 1.29 is 0 Å². The lowest BCUT2D eigenvalue weighted by molar-refractivity contribution is 1.07. The highest BCUT2D eigenvalue weighted by Crippen LogP contribution is 2.43. The van der Waals surface area contributed by atoms with Gasteiger partial charge in [-0.05, 0) is 98.7 Å². The molecule has 62 heavy (non-hydrogen) atoms. The molecule has 0 N–H and O–H groups in total. The van der Waals surface area contributed by atoms with Crippen LogP contribution in [0.1, 0.15) is 0 Å². The third-order valence-electron chi connectivity index (χ3n) is 12.2. The molecule has 12 aromatic rings. The van der Waals surface area contributed by atoms with Gasteiger partial charge in [-0.3, -0.25) is 4.98 Å². The third kappa shape index (κ3) is 5.92. The maximum absolute atomic E-state index is 5.27. The van der Waals surface area contributed by atoms with Crippen molar-refractivity contribution in [3.63, 3.8) is 0 Å². The van der Waals surface area contributed by atoms with Gasteiger partial charge in [0.15, 0.2) is 17.5 Å². The van der Waals surface area contributed by atoms with E-state index in [4.69, 9.17) is 15.0 Å². The molecule has 0 bridgehead atoms. The topological polar surface area (TPSA) is 51.6 Å². The quantitative estimate of drug-likeness (QED) is 0.167. The van der Waals surface area contributed by atoms with Crippen LogP contribution in [0.4, 0.5) is 0 Å². The van der Waals surface area contributed by atoms with Gasteiger partial charge in [0.2, 0.25) is 0 Å². The van der Waals surface area contributed by atoms with E-state index in [9.17, 15) is 0 Å². The van der Waals surface area contributed by atoms with Crippen LogP contribution in [-0.2, 0) is 0 Å². The summed E-state index contributed by atoms with van der Waals surface area (Å²) in [5.74, 6) is 1.84. The van der Waals surface area contributed by atoms with Crippen molar-refractivity contribution in [3.05, 3.63) is 219 Å². The van der Waals surface area contributed by atoms with E-state index in [1.54, 1.807) is 6.20 Å². The van der Waals surface area contributed by atoms with Crippen LogP contribution in [0.15, 0.2) is 219 Å². The Labute approximate surface area is 357 Å². The van der Waals surface area contributed by atoms with E-state index < -0.39 is 0 Å². The normalized spacial score (nSPS) is 11.5. The molecule has 0 radical (unpaired) electrons. The summed E-state index contributed by atoms with van der Waals surface area (Å²) >= 11 is 0. The van der Waals surface area contributed by atoms with Crippen LogP contribution in [0, 0.1) is 0 Å². The molecule has 2 aromatic heterocycles. The summed E-state index contributed by atoms with van der Waals surface area (Å²) in [6.07, 6.45) is 3.68. The molecular weight excluding hydrogens is 753 g/mol. The zero-order valence-electron chi connectivity index (χ0n) is 33.6. The summed E-state index contributed by atoms with van der Waals surface area (Å²) in [6, 6.07) is 73.7. The Balaban J connectivity index is 1.25. The van der Waals surface area contributed by atoms with Crippen LogP contribution in [0.2, 0.25) is 0 Å². The predicted octanol–water partition coefficient (Wildman–Crippen LogP) is 15.1. The minimum atomic E-state index is 0.607. The van der Waals surface area contributed by atoms with Gasteiger partial charge in [0.25, 0.3) is 0 Å². The zero-order valence-corrected chi connectivity index (χ0v) is 33.6. The number of fused-ring (bicyclic) bond motifs is 15. The van der Waals surface area contributed by atoms with Crippen molar-refractivity contribution in [2.45, 2.75) is 0 Å². The molecule has 0 saturated carbocycles. The predicted molar refractivity (Wildman–Crippen MR) is 260 cm³/mol. The highest BCUT2D eigenvalue weighted by molar-refractivity contribution is 6.38. The Bertz CT molecular complexity index is 3790. The van der Waals surface area contributed by atoms with E-state index in [0.29, 0.717) is 17.5 Å². The van der Waals surface area contributed by atoms with Gasteiger partial charge < -0.3 is 0 Å². The molecular formula is C58H36N4. The van der Waals surface area contributed by atoms with Crippen molar-refractivity contribution in [1.82, 2.24) is 19.9 Å². The van der Waals surface area contributed by atoms with Crippen LogP contribution in [0.3, 0.4) is 0 Å². The van der Waals surface area contributed by atoms with Crippen molar-refractivity contribution in [2.75, 3.05) is 0 Å². The van der Waals surface area contributed by atoms with Crippen molar-refractivity contribution in [1.29, 1.82) is 0 Å². The van der Waals surface area contributed by atoms with Gasteiger partial charge >= 0.3 is 0 Å². The average molecular weight is 789 g/mol. The van der Waals surface area contributed by atoms with Gasteiger partial charge in [-0.15, -0.1) is 0 Å². The molecule has 0 aliphatic rings. The van der Waals surface area contributed by atoms with Crippen molar-refractivity contribution in [3.8, 4) is 45.3 Å². The lowest BCUT2D eigenvalue weighted by Gasteiger charge is -2.15. The summed E-state index contributed by atoms with van der Waals surface area (Å²) in [5.41, 5.74) is 4.87. The van der Waals surface area contributed by atoms with Gasteiger partial charge in [-0.1, -0.05) is 194 Å². The Kier molecular flexibility index (Phi) is 8.46. The van der Waals surface area contributed by atoms with E-state index in [0.717, 1.165) is 38.6 Å². The molecule has 12 rings (SSSR count). The molecule has 10 aromatic carbocycles. The molecule has 0 fully saturated rings. The summed E-state index contributed by atoms with van der Waals surface area (Å²) in [6.45, 7) is 0. The van der Waals surface area contributed by atoms with Gasteiger partial charge in [0, 0.05) is 29.1 Å². The van der Waals surface area contributed by atoms with Gasteiger partial charge in [-0.2, -0.15) is 0 Å². The molecule has 4 nitrogen and oxygen atoms in total. The van der Waals surface area contributed by atoms with E-state index in [2.05, 4.69) is 187 Å². The minimum absolute atomic E-state index is 0.607. The second-order valence-corrected chi connectivity index (χ2v) is 15.7. The second-order valence-electron chi connectivity index (χ2n) is 15.7. The number of nitrogens with zero attached hydrogens (tertiary/aromatic N) is 4. The van der Waals surface area contributed by atoms with E-state index in [1.165, 1.54) is 64.6 Å². The summed E-state index contributed by atoms with van der Waals surface area (Å²) in [7, 11) is 0. The fourth-order valence-corrected chi connectivity index (χ4v) is 9.36. The Morgan fingerprint density at radius 1 is 0.226 bits per heavy atom. The molecule has 4 heteroatoms. The van der Waals surface area contributed by atoms with E-state index in [-0.39, 0.29) is 0 Å². The van der Waals surface area contributed by atoms with E-state index in [1.807, 2.05) is 30.5 Å². The third-order valence-corrected chi connectivity index (χ3v) is 12.2. The molecule has 288 valence electrons. The Hall–Kier alpha value is -8.34. The number of rotatable bonds is 4. The Morgan fingerprint density at radius 2 is 0.565 bits per heavy atom. The first-order chi connectivity index (χ1) is 30.8. The maximum Gasteiger partial charge on any atom is 0.164 e. The van der Waals surface area contributed by atoms with Crippen LogP contribution < -0.4 is 0 Å². The lowest BCUT2D eigenvalue weighted by atomic mass is 9.88. The molecule has 0 aliphatic heterocycles. The Morgan fingerprint density at radius 3 is 1.03 bits per heavy atom. The number of pyridine rings is 1. The fourth-order valence-electron chi connectivity index (χ4n) is 9.36. The zero-order chi connectivity index (χ0) is 41.0. The summed E-state index contributed by atoms with van der Waals surface area (Å²) in [5, 5.41) is 16.6. The highest BCUT2D eigenvalue weighted by Gasteiger charge is 2.18. The SMILES string of the molecule is c1ccc(-c2nc(-c3ccc(-c4cccnc4)cc3)nc(-c3ccc4c5ccccc5c5ccccc5c5ccccc5c5c6ccccc6c6ccccc6c5c4c3)n2)cc1. The van der Waals surface area contributed by atoms with Crippen LogP contribution >= 0.6 is 0 Å².